The highest BCUT2D eigenvalue weighted by atomic mass is 19.4. The fraction of sp³-hybridized carbons (Fsp3) is 0.308. The molecule has 0 atom stereocenters. The summed E-state index contributed by atoms with van der Waals surface area (Å²) in [6, 6.07) is 2.81. The summed E-state index contributed by atoms with van der Waals surface area (Å²) >= 11 is 0. The molecule has 0 unspecified atom stereocenters. The predicted molar refractivity (Wildman–Crippen MR) is 67.7 cm³/mol. The van der Waals surface area contributed by atoms with Gasteiger partial charge in [-0.15, -0.1) is 0 Å². The number of carbonyl (C=O) groups excluding carboxylic acids is 1. The van der Waals surface area contributed by atoms with Gasteiger partial charge in [-0.1, -0.05) is 0 Å². The average Bonchev–Trinajstić information content (AvgIpc) is 2.38. The fourth-order valence-electron chi connectivity index (χ4n) is 1.77. The van der Waals surface area contributed by atoms with Crippen molar-refractivity contribution in [1.29, 1.82) is 0 Å². The average molecular weight is 300 g/mol. The third-order valence-corrected chi connectivity index (χ3v) is 2.71. The molecule has 1 aromatic heterocycles. The smallest absolute Gasteiger partial charge is 0.416 e. The lowest BCUT2D eigenvalue weighted by atomic mass is 10.2. The van der Waals surface area contributed by atoms with E-state index in [9.17, 15) is 22.8 Å². The van der Waals surface area contributed by atoms with Crippen LogP contribution in [0.15, 0.2) is 23.0 Å². The van der Waals surface area contributed by atoms with Crippen LogP contribution in [0.4, 0.5) is 13.2 Å². The first-order chi connectivity index (χ1) is 9.81. The molecule has 8 heteroatoms. The third kappa shape index (κ3) is 3.39. The van der Waals surface area contributed by atoms with Gasteiger partial charge < -0.3 is 9.72 Å². The van der Waals surface area contributed by atoms with Gasteiger partial charge in [0.1, 0.15) is 5.69 Å². The number of hydrogen-bond donors (Lipinski definition) is 1. The number of fused-ring (bicyclic) bond motifs is 1. The van der Waals surface area contributed by atoms with E-state index in [-0.39, 0.29) is 29.8 Å². The van der Waals surface area contributed by atoms with Crippen LogP contribution in [0.1, 0.15) is 18.2 Å². The number of carbonyl (C=O) groups is 1. The molecule has 112 valence electrons. The number of alkyl halides is 3. The van der Waals surface area contributed by atoms with Crippen molar-refractivity contribution in [3.05, 3.63) is 39.8 Å². The minimum atomic E-state index is -4.51. The molecule has 0 aliphatic rings. The summed E-state index contributed by atoms with van der Waals surface area (Å²) in [7, 11) is 0. The molecular formula is C13H11F3N2O3. The Morgan fingerprint density at radius 1 is 1.38 bits per heavy atom. The van der Waals surface area contributed by atoms with Gasteiger partial charge in [-0.3, -0.25) is 9.59 Å². The monoisotopic (exact) mass is 300 g/mol. The maximum atomic E-state index is 12.6. The van der Waals surface area contributed by atoms with Crippen LogP contribution >= 0.6 is 0 Å². The number of halogens is 3. The van der Waals surface area contributed by atoms with E-state index in [1.54, 1.807) is 6.92 Å². The second-order valence-electron chi connectivity index (χ2n) is 4.22. The number of aromatic nitrogens is 2. The van der Waals surface area contributed by atoms with Crippen molar-refractivity contribution in [2.75, 3.05) is 6.61 Å². The number of nitrogens with zero attached hydrogens (tertiary/aromatic N) is 1. The first-order valence-electron chi connectivity index (χ1n) is 6.07. The second-order valence-corrected chi connectivity index (χ2v) is 4.22. The number of aromatic amines is 1. The van der Waals surface area contributed by atoms with Crippen LogP contribution in [0.25, 0.3) is 11.0 Å². The Balaban J connectivity index is 2.43. The summed E-state index contributed by atoms with van der Waals surface area (Å²) in [6.45, 7) is 1.79. The Bertz CT molecular complexity index is 737. The molecule has 21 heavy (non-hydrogen) atoms. The Labute approximate surface area is 116 Å². The largest absolute Gasteiger partial charge is 0.466 e. The van der Waals surface area contributed by atoms with E-state index in [1.807, 2.05) is 0 Å². The van der Waals surface area contributed by atoms with Crippen LogP contribution in [0, 0.1) is 0 Å². The summed E-state index contributed by atoms with van der Waals surface area (Å²) in [5, 5.41) is 0. The minimum Gasteiger partial charge on any atom is -0.466 e. The number of benzene rings is 1. The van der Waals surface area contributed by atoms with Crippen LogP contribution in [-0.4, -0.2) is 22.5 Å². The van der Waals surface area contributed by atoms with Crippen molar-refractivity contribution in [3.63, 3.8) is 0 Å². The van der Waals surface area contributed by atoms with E-state index >= 15 is 0 Å². The summed E-state index contributed by atoms with van der Waals surface area (Å²) in [4.78, 5) is 29.3. The maximum Gasteiger partial charge on any atom is 0.416 e. The van der Waals surface area contributed by atoms with Crippen molar-refractivity contribution < 1.29 is 22.7 Å². The molecule has 1 heterocycles. The van der Waals surface area contributed by atoms with Gasteiger partial charge in [-0.05, 0) is 25.1 Å². The van der Waals surface area contributed by atoms with E-state index in [4.69, 9.17) is 4.74 Å². The number of nitrogens with one attached hydrogen (secondary N) is 1. The molecule has 0 aliphatic carbocycles. The summed E-state index contributed by atoms with van der Waals surface area (Å²) in [5.74, 6) is -0.623. The molecule has 0 radical (unpaired) electrons. The third-order valence-electron chi connectivity index (χ3n) is 2.71. The van der Waals surface area contributed by atoms with Crippen LogP contribution < -0.4 is 5.56 Å². The van der Waals surface area contributed by atoms with Crippen molar-refractivity contribution >= 4 is 17.0 Å². The van der Waals surface area contributed by atoms with E-state index in [2.05, 4.69) is 9.97 Å². The van der Waals surface area contributed by atoms with Gasteiger partial charge in [-0.2, -0.15) is 13.2 Å². The highest BCUT2D eigenvalue weighted by Crippen LogP contribution is 2.30. The summed E-state index contributed by atoms with van der Waals surface area (Å²) in [6.07, 6.45) is -4.84. The van der Waals surface area contributed by atoms with Gasteiger partial charge in [0.05, 0.1) is 29.6 Å². The normalized spacial score (nSPS) is 11.6. The van der Waals surface area contributed by atoms with Gasteiger partial charge in [0.15, 0.2) is 0 Å². The van der Waals surface area contributed by atoms with Gasteiger partial charge in [0, 0.05) is 0 Å². The van der Waals surface area contributed by atoms with Gasteiger partial charge in [0.25, 0.3) is 5.56 Å². The lowest BCUT2D eigenvalue weighted by Gasteiger charge is -2.08. The first kappa shape index (κ1) is 15.0. The number of rotatable bonds is 3. The van der Waals surface area contributed by atoms with Gasteiger partial charge in [0.2, 0.25) is 0 Å². The number of ether oxygens (including phenoxy) is 1. The molecule has 0 saturated carbocycles. The van der Waals surface area contributed by atoms with E-state index in [0.29, 0.717) is 0 Å². The van der Waals surface area contributed by atoms with E-state index < -0.39 is 23.3 Å². The molecule has 1 N–H and O–H groups in total. The number of hydrogen-bond acceptors (Lipinski definition) is 4. The first-order valence-corrected chi connectivity index (χ1v) is 6.07. The van der Waals surface area contributed by atoms with Crippen molar-refractivity contribution in [1.82, 2.24) is 9.97 Å². The van der Waals surface area contributed by atoms with Crippen LogP contribution in [0.3, 0.4) is 0 Å². The van der Waals surface area contributed by atoms with Crippen molar-refractivity contribution in [2.24, 2.45) is 0 Å². The van der Waals surface area contributed by atoms with Gasteiger partial charge in [-0.25, -0.2) is 4.98 Å². The summed E-state index contributed by atoms with van der Waals surface area (Å²) < 4.78 is 42.4. The van der Waals surface area contributed by atoms with Crippen LogP contribution in [0.2, 0.25) is 0 Å². The highest BCUT2D eigenvalue weighted by Gasteiger charge is 2.30. The lowest BCUT2D eigenvalue weighted by molar-refractivity contribution is -0.142. The lowest BCUT2D eigenvalue weighted by Crippen LogP contribution is -2.20. The van der Waals surface area contributed by atoms with Crippen molar-refractivity contribution in [3.8, 4) is 0 Å². The molecule has 2 rings (SSSR count). The Morgan fingerprint density at radius 3 is 2.71 bits per heavy atom. The molecule has 0 spiro atoms. The molecule has 0 fully saturated rings. The molecule has 0 amide bonds. The van der Waals surface area contributed by atoms with E-state index in [0.717, 1.165) is 18.2 Å². The Morgan fingerprint density at radius 2 is 2.10 bits per heavy atom. The highest BCUT2D eigenvalue weighted by molar-refractivity contribution is 5.77. The molecule has 0 saturated heterocycles. The van der Waals surface area contributed by atoms with Crippen molar-refractivity contribution in [2.45, 2.75) is 19.5 Å². The molecule has 5 nitrogen and oxygen atoms in total. The molecular weight excluding hydrogens is 289 g/mol. The maximum absolute atomic E-state index is 12.6. The van der Waals surface area contributed by atoms with E-state index in [1.165, 1.54) is 0 Å². The standard InChI is InChI=1S/C13H11F3N2O3/c1-2-21-11(19)6-10-12(20)18-9-5-7(13(14,15)16)3-4-8(9)17-10/h3-5H,2,6H2,1H3,(H,18,20). The SMILES string of the molecule is CCOC(=O)Cc1nc2ccc(C(F)(F)F)cc2[nH]c1=O. The Kier molecular flexibility index (Phi) is 3.97. The second kappa shape index (κ2) is 5.55. The number of H-pyrrole nitrogens is 1. The van der Waals surface area contributed by atoms with Crippen LogP contribution in [-0.2, 0) is 22.1 Å². The topological polar surface area (TPSA) is 72.0 Å². The Hall–Kier alpha value is -2.38. The quantitative estimate of drug-likeness (QED) is 0.881. The zero-order chi connectivity index (χ0) is 15.6. The molecule has 0 aliphatic heterocycles. The zero-order valence-corrected chi connectivity index (χ0v) is 11.0. The van der Waals surface area contributed by atoms with Crippen LogP contribution in [0.5, 0.6) is 0 Å². The summed E-state index contributed by atoms with van der Waals surface area (Å²) in [5.41, 5.74) is -1.56. The molecule has 1 aromatic carbocycles. The zero-order valence-electron chi connectivity index (χ0n) is 11.0. The number of esters is 1. The predicted octanol–water partition coefficient (Wildman–Crippen LogP) is 2.05. The molecule has 2 aromatic rings. The minimum absolute atomic E-state index is 0.0394. The fourth-order valence-corrected chi connectivity index (χ4v) is 1.77. The molecule has 0 bridgehead atoms. The van der Waals surface area contributed by atoms with Gasteiger partial charge >= 0.3 is 12.1 Å².